The Morgan fingerprint density at radius 1 is 0.719 bits per heavy atom. The van der Waals surface area contributed by atoms with Crippen molar-refractivity contribution in [3.63, 3.8) is 0 Å². The van der Waals surface area contributed by atoms with Gasteiger partial charge in [0.2, 0.25) is 0 Å². The van der Waals surface area contributed by atoms with Crippen LogP contribution in [0, 0.1) is 0 Å². The van der Waals surface area contributed by atoms with E-state index in [-0.39, 0.29) is 17.5 Å². The van der Waals surface area contributed by atoms with Gasteiger partial charge in [-0.3, -0.25) is 0 Å². The van der Waals surface area contributed by atoms with Gasteiger partial charge >= 0.3 is 6.03 Å². The van der Waals surface area contributed by atoms with E-state index in [0.29, 0.717) is 19.8 Å². The third kappa shape index (κ3) is 10.5. The van der Waals surface area contributed by atoms with Crippen LogP contribution < -0.4 is 10.5 Å². The van der Waals surface area contributed by atoms with Gasteiger partial charge in [0.1, 0.15) is 40.1 Å². The summed E-state index contributed by atoms with van der Waals surface area (Å²) >= 11 is 1.27. The number of aryl methyl sites for hydroxylation is 2. The number of thioether (sulfide) groups is 1. The number of nitrogens with two attached hydrogens (primary N) is 1. The number of carbonyl (C=O) groups excluding carboxylic acids is 1. The molecule has 9 rings (SSSR count). The van der Waals surface area contributed by atoms with Gasteiger partial charge in [0.05, 0.1) is 33.0 Å². The van der Waals surface area contributed by atoms with Crippen LogP contribution in [0.1, 0.15) is 57.3 Å². The number of anilines is 1. The second kappa shape index (κ2) is 20.6. The van der Waals surface area contributed by atoms with E-state index < -0.39 is 51.8 Å². The molecule has 1 fully saturated rings. The number of ether oxygens (including phenoxy) is 5. The summed E-state index contributed by atoms with van der Waals surface area (Å²) in [6.07, 6.45) is 4.30. The number of fused-ring (bicyclic) bond motifs is 2. The molecule has 0 radical (unpaired) electrons. The third-order valence-electron chi connectivity index (χ3n) is 12.4. The summed E-state index contributed by atoms with van der Waals surface area (Å²) in [6, 6.07) is 41.6. The lowest BCUT2D eigenvalue weighted by molar-refractivity contribution is -0.275. The number of amides is 2. The number of likely N-dealkylation sites (N-methyl/N-ethyl adjacent to an activating group) is 1. The third-order valence-corrected chi connectivity index (χ3v) is 15.7. The zero-order valence-corrected chi connectivity index (χ0v) is 37.7. The Balaban J connectivity index is 1.02. The van der Waals surface area contributed by atoms with Crippen molar-refractivity contribution in [1.82, 2.24) is 4.90 Å². The van der Waals surface area contributed by atoms with Crippen molar-refractivity contribution in [1.29, 1.82) is 0 Å². The van der Waals surface area contributed by atoms with Crippen LogP contribution in [0.3, 0.4) is 0 Å². The highest BCUT2D eigenvalue weighted by atomic mass is 32.3. The molecular weight excluding hydrogens is 845 g/mol. The van der Waals surface area contributed by atoms with Crippen LogP contribution in [-0.2, 0) is 85.7 Å². The molecule has 0 aromatic heterocycles. The fraction of sp³-hybridized carbons (Fsp3) is 0.353. The van der Waals surface area contributed by atoms with Crippen LogP contribution in [0.4, 0.5) is 10.5 Å². The van der Waals surface area contributed by atoms with Crippen LogP contribution >= 0.6 is 11.8 Å². The van der Waals surface area contributed by atoms with Crippen molar-refractivity contribution in [2.24, 2.45) is 9.50 Å². The Morgan fingerprint density at radius 3 is 1.73 bits per heavy atom. The average molecular weight is 901 g/mol. The smallest absolute Gasteiger partial charge is 0.354 e. The molecule has 3 N–H and O–H groups in total. The average Bonchev–Trinajstić information content (AvgIpc) is 4.09. The van der Waals surface area contributed by atoms with Gasteiger partial charge in [-0.05, 0) is 83.0 Å². The molecule has 0 saturated carbocycles. The number of rotatable bonds is 16. The minimum Gasteiger partial charge on any atom is -0.374 e. The molecule has 5 aromatic rings. The molecule has 4 aliphatic rings. The van der Waals surface area contributed by atoms with Crippen molar-refractivity contribution < 1.29 is 32.7 Å². The number of nitrogens with zero attached hydrogens (tertiary/aromatic N) is 2. The van der Waals surface area contributed by atoms with Gasteiger partial charge in [-0.2, -0.15) is 0 Å². The highest BCUT2D eigenvalue weighted by molar-refractivity contribution is 8.19. The van der Waals surface area contributed by atoms with E-state index in [9.17, 15) is 9.00 Å². The van der Waals surface area contributed by atoms with E-state index in [2.05, 4.69) is 15.7 Å². The zero-order valence-electron chi connectivity index (χ0n) is 36.1. The summed E-state index contributed by atoms with van der Waals surface area (Å²) in [6.45, 7) is 1.44. The zero-order chi connectivity index (χ0) is 43.9. The molecule has 2 aliphatic heterocycles. The molecule has 13 heteroatoms. The maximum atomic E-state index is 14.5. The lowest BCUT2D eigenvalue weighted by atomic mass is 9.93. The number of carbonyl (C=O) groups is 1. The normalized spacial score (nSPS) is 23.5. The van der Waals surface area contributed by atoms with Crippen molar-refractivity contribution in [3.8, 4) is 0 Å². The summed E-state index contributed by atoms with van der Waals surface area (Å²) in [5.41, 5.74) is 9.72. The number of urea groups is 1. The second-order valence-electron chi connectivity index (χ2n) is 16.9. The first-order valence-electron chi connectivity index (χ1n) is 22.2. The molecule has 11 nitrogen and oxygen atoms in total. The predicted octanol–water partition coefficient (Wildman–Crippen LogP) is 9.08. The van der Waals surface area contributed by atoms with E-state index in [4.69, 9.17) is 28.8 Å². The molecule has 5 aromatic carbocycles. The van der Waals surface area contributed by atoms with E-state index in [0.717, 1.165) is 77.6 Å². The van der Waals surface area contributed by atoms with Crippen molar-refractivity contribution in [2.45, 2.75) is 101 Å². The van der Waals surface area contributed by atoms with Crippen molar-refractivity contribution >= 4 is 33.4 Å². The molecule has 0 spiro atoms. The quantitative estimate of drug-likeness (QED) is 0.0995. The van der Waals surface area contributed by atoms with E-state index in [1.54, 1.807) is 6.20 Å². The van der Waals surface area contributed by atoms with Gasteiger partial charge in [0.15, 0.2) is 9.92 Å². The highest BCUT2D eigenvalue weighted by Gasteiger charge is 2.53. The van der Waals surface area contributed by atoms with Gasteiger partial charge in [-0.1, -0.05) is 139 Å². The first-order chi connectivity index (χ1) is 31.3. The van der Waals surface area contributed by atoms with Gasteiger partial charge in [0, 0.05) is 18.9 Å². The first kappa shape index (κ1) is 44.4. The molecule has 7 atom stereocenters. The Hall–Kier alpha value is -4.83. The molecular formula is C51H56N4O7S2. The summed E-state index contributed by atoms with van der Waals surface area (Å²) in [4.78, 5) is 15.6. The van der Waals surface area contributed by atoms with E-state index in [1.807, 2.05) is 133 Å². The minimum absolute atomic E-state index is 0.193. The molecule has 0 bridgehead atoms. The maximum Gasteiger partial charge on any atom is 0.354 e. The Kier molecular flexibility index (Phi) is 14.3. The number of hydrogen-bond acceptors (Lipinski definition) is 9. The van der Waals surface area contributed by atoms with Gasteiger partial charge < -0.3 is 33.9 Å². The van der Waals surface area contributed by atoms with E-state index in [1.165, 1.54) is 22.9 Å². The van der Waals surface area contributed by atoms with E-state index >= 15 is 0 Å². The SMILES string of the molecule is CN1C=C(S(N)(=O)=NC(=O)Nc2c3c(cc4c2CCC4)CCC3)SC1C1O[C@H](COCc2ccccc2)[C@@H](OCc2ccccc2)[C@H](OCc2ccccc2)[C@H]1OCc1ccccc1. The summed E-state index contributed by atoms with van der Waals surface area (Å²) in [7, 11) is -1.80. The molecule has 2 amide bonds. The number of benzene rings is 5. The second-order valence-corrected chi connectivity index (χ2v) is 20.0. The largest absolute Gasteiger partial charge is 0.374 e. The molecule has 3 unspecified atom stereocenters. The van der Waals surface area contributed by atoms with Gasteiger partial charge in [-0.25, -0.2) is 14.1 Å². The van der Waals surface area contributed by atoms with Crippen LogP contribution in [0.25, 0.3) is 0 Å². The molecule has 2 aliphatic carbocycles. The number of nitrogens with one attached hydrogen (secondary N) is 1. The van der Waals surface area contributed by atoms with Crippen LogP contribution in [0.2, 0.25) is 0 Å². The lowest BCUT2D eigenvalue weighted by Crippen LogP contribution is -2.64. The minimum atomic E-state index is -3.68. The predicted molar refractivity (Wildman–Crippen MR) is 251 cm³/mol. The van der Waals surface area contributed by atoms with Crippen LogP contribution in [0.5, 0.6) is 0 Å². The first-order valence-corrected chi connectivity index (χ1v) is 24.6. The summed E-state index contributed by atoms with van der Waals surface area (Å²) in [5, 5.41) is 9.11. The highest BCUT2D eigenvalue weighted by Crippen LogP contribution is 2.44. The van der Waals surface area contributed by atoms with Crippen LogP contribution in [0.15, 0.2) is 142 Å². The Morgan fingerprint density at radius 2 is 1.20 bits per heavy atom. The van der Waals surface area contributed by atoms with Crippen molar-refractivity contribution in [2.75, 3.05) is 19.0 Å². The maximum absolute atomic E-state index is 14.5. The topological polar surface area (TPSA) is 134 Å². The summed E-state index contributed by atoms with van der Waals surface area (Å²) < 4.78 is 53.3. The van der Waals surface area contributed by atoms with Crippen molar-refractivity contribution in [3.05, 3.63) is 182 Å². The molecule has 2 heterocycles. The van der Waals surface area contributed by atoms with Gasteiger partial charge in [-0.15, -0.1) is 4.36 Å². The van der Waals surface area contributed by atoms with Crippen LogP contribution in [-0.4, -0.2) is 64.7 Å². The Labute approximate surface area is 381 Å². The fourth-order valence-corrected chi connectivity index (χ4v) is 11.9. The molecule has 334 valence electrons. The van der Waals surface area contributed by atoms with Gasteiger partial charge in [0.25, 0.3) is 0 Å². The fourth-order valence-electron chi connectivity index (χ4n) is 9.24. The summed E-state index contributed by atoms with van der Waals surface area (Å²) in [5.74, 6) is 0. The monoisotopic (exact) mass is 900 g/mol. The Bertz CT molecular complexity index is 2490. The molecule has 1 saturated heterocycles. The lowest BCUT2D eigenvalue weighted by Gasteiger charge is -2.48. The standard InChI is InChI=1S/C51H56N4O7S2/c1-55-29-44(64(52,57)54-51(56)53-45-41-26-14-24-39(41)28-40-25-15-27-42(40)45)63-50(55)49-48(61-33-38-22-12-5-13-23-38)47(60-32-37-20-10-4-11-21-37)46(59-31-36-18-8-3-9-19-36)43(62-49)34-58-30-35-16-6-2-7-17-35/h2-13,16-23,28-29,43,46-50H,14-15,24-27,30-34H2,1H3,(H3,52,53,54,56,57)/t43-,46-,47+,48-,49?,50?,64?/m1/s1. The number of hydrogen-bond donors (Lipinski definition) is 2. The molecule has 64 heavy (non-hydrogen) atoms.